The summed E-state index contributed by atoms with van der Waals surface area (Å²) in [6.45, 7) is -0.691. The Bertz CT molecular complexity index is 642. The highest BCUT2D eigenvalue weighted by Gasteiger charge is 2.58. The Morgan fingerprint density at radius 3 is 2.90 bits per heavy atom. The molecule has 7 heteroatoms. The van der Waals surface area contributed by atoms with Crippen LogP contribution in [0, 0.1) is 0 Å². The number of rotatable bonds is 2. The van der Waals surface area contributed by atoms with Crippen molar-refractivity contribution in [2.24, 2.45) is 0 Å². The van der Waals surface area contributed by atoms with E-state index in [4.69, 9.17) is 15.6 Å². The van der Waals surface area contributed by atoms with E-state index < -0.39 is 30.1 Å². The van der Waals surface area contributed by atoms with Gasteiger partial charge in [-0.2, -0.15) is 0 Å². The summed E-state index contributed by atoms with van der Waals surface area (Å²) in [6.07, 6.45) is -0.0469. The lowest BCUT2D eigenvalue weighted by molar-refractivity contribution is -0.144. The van der Waals surface area contributed by atoms with E-state index in [1.165, 1.54) is 0 Å². The van der Waals surface area contributed by atoms with Crippen molar-refractivity contribution in [2.45, 2.75) is 18.4 Å². The van der Waals surface area contributed by atoms with Crippen LogP contribution < -0.4 is 5.73 Å². The van der Waals surface area contributed by atoms with E-state index >= 15 is 0 Å². The molecule has 0 bridgehead atoms. The molecule has 2 amide bonds. The van der Waals surface area contributed by atoms with Gasteiger partial charge in [-0.3, -0.25) is 9.59 Å². The van der Waals surface area contributed by atoms with Gasteiger partial charge in [0.15, 0.2) is 0 Å². The number of imide groups is 1. The number of ether oxygens (including phenoxy) is 1. The van der Waals surface area contributed by atoms with Crippen molar-refractivity contribution in [3.8, 4) is 0 Å². The van der Waals surface area contributed by atoms with Crippen LogP contribution in [0.1, 0.15) is 17.5 Å². The second-order valence-corrected chi connectivity index (χ2v) is 4.90. The summed E-state index contributed by atoms with van der Waals surface area (Å²) in [6, 6.07) is 5.03. The van der Waals surface area contributed by atoms with Gasteiger partial charge in [-0.05, 0) is 24.1 Å². The molecule has 0 aromatic heterocycles. The van der Waals surface area contributed by atoms with Crippen LogP contribution >= 0.6 is 0 Å². The summed E-state index contributed by atoms with van der Waals surface area (Å²) in [4.78, 5) is 35.5. The third kappa shape index (κ3) is 1.56. The zero-order valence-electron chi connectivity index (χ0n) is 10.5. The maximum Gasteiger partial charge on any atom is 0.418 e. The van der Waals surface area contributed by atoms with Gasteiger partial charge in [-0.25, -0.2) is 9.69 Å². The number of nitrogens with two attached hydrogens (primary N) is 1. The van der Waals surface area contributed by atoms with E-state index in [0.717, 1.165) is 5.56 Å². The maximum atomic E-state index is 12.4. The molecule has 7 nitrogen and oxygen atoms in total. The van der Waals surface area contributed by atoms with Gasteiger partial charge in [-0.15, -0.1) is 0 Å². The van der Waals surface area contributed by atoms with E-state index in [1.54, 1.807) is 18.2 Å². The highest BCUT2D eigenvalue weighted by molar-refractivity contribution is 6.05. The van der Waals surface area contributed by atoms with Crippen molar-refractivity contribution in [3.05, 3.63) is 29.3 Å². The highest BCUT2D eigenvalue weighted by Crippen LogP contribution is 2.45. The Labute approximate surface area is 113 Å². The summed E-state index contributed by atoms with van der Waals surface area (Å²) in [5.41, 5.74) is 6.33. The van der Waals surface area contributed by atoms with Crippen LogP contribution in [0.15, 0.2) is 18.2 Å². The predicted molar refractivity (Wildman–Crippen MR) is 66.7 cm³/mol. The molecule has 0 radical (unpaired) electrons. The number of nitrogens with zero attached hydrogens (tertiary/aromatic N) is 1. The molecule has 3 N–H and O–H groups in total. The number of nitrogen functional groups attached to an aromatic ring is 1. The molecule has 1 heterocycles. The number of carboxylic acids is 1. The Hall–Kier alpha value is -2.57. The first-order chi connectivity index (χ1) is 9.44. The molecular formula is C13H12N2O5. The van der Waals surface area contributed by atoms with Gasteiger partial charge >= 0.3 is 12.1 Å². The van der Waals surface area contributed by atoms with Crippen LogP contribution in [0.2, 0.25) is 0 Å². The van der Waals surface area contributed by atoms with Gasteiger partial charge in [-0.1, -0.05) is 6.07 Å². The third-order valence-corrected chi connectivity index (χ3v) is 3.68. The van der Waals surface area contributed by atoms with E-state index in [0.29, 0.717) is 29.0 Å². The van der Waals surface area contributed by atoms with Crippen LogP contribution in [0.25, 0.3) is 0 Å². The zero-order chi connectivity index (χ0) is 14.5. The molecule has 2 aliphatic rings. The van der Waals surface area contributed by atoms with Crippen molar-refractivity contribution in [1.82, 2.24) is 4.90 Å². The smallest absolute Gasteiger partial charge is 0.418 e. The van der Waals surface area contributed by atoms with Crippen LogP contribution in [0.5, 0.6) is 0 Å². The molecule has 1 aromatic carbocycles. The SMILES string of the molecule is Nc1ccc2c(c1)CC[C@@]21OC(=O)N(CC(=O)O)C1=O. The molecule has 1 aliphatic heterocycles. The summed E-state index contributed by atoms with van der Waals surface area (Å²) >= 11 is 0. The first-order valence-corrected chi connectivity index (χ1v) is 6.10. The first kappa shape index (κ1) is 12.5. The summed E-state index contributed by atoms with van der Waals surface area (Å²) < 4.78 is 5.24. The third-order valence-electron chi connectivity index (χ3n) is 3.68. The van der Waals surface area contributed by atoms with Crippen molar-refractivity contribution in [3.63, 3.8) is 0 Å². The Morgan fingerprint density at radius 2 is 2.20 bits per heavy atom. The molecule has 20 heavy (non-hydrogen) atoms. The predicted octanol–water partition coefficient (Wildman–Crippen LogP) is 0.474. The number of carbonyl (C=O) groups is 3. The van der Waals surface area contributed by atoms with E-state index in [-0.39, 0.29) is 0 Å². The monoisotopic (exact) mass is 276 g/mol. The number of anilines is 1. The lowest BCUT2D eigenvalue weighted by atomic mass is 9.95. The zero-order valence-corrected chi connectivity index (χ0v) is 10.5. The van der Waals surface area contributed by atoms with Gasteiger partial charge in [0.2, 0.25) is 5.60 Å². The molecular weight excluding hydrogens is 264 g/mol. The number of aliphatic carboxylic acids is 1. The molecule has 0 unspecified atom stereocenters. The number of carbonyl (C=O) groups excluding carboxylic acids is 2. The average Bonchev–Trinajstić information content (AvgIpc) is 2.84. The fraction of sp³-hybridized carbons (Fsp3) is 0.308. The van der Waals surface area contributed by atoms with Crippen molar-refractivity contribution >= 4 is 23.7 Å². The van der Waals surface area contributed by atoms with Gasteiger partial charge in [0.25, 0.3) is 5.91 Å². The molecule has 1 aliphatic carbocycles. The van der Waals surface area contributed by atoms with Gasteiger partial charge < -0.3 is 15.6 Å². The molecule has 1 spiro atoms. The number of aryl methyl sites for hydroxylation is 1. The summed E-state index contributed by atoms with van der Waals surface area (Å²) in [7, 11) is 0. The fourth-order valence-corrected chi connectivity index (χ4v) is 2.81. The molecule has 3 rings (SSSR count). The van der Waals surface area contributed by atoms with E-state index in [9.17, 15) is 14.4 Å². The van der Waals surface area contributed by atoms with Gasteiger partial charge in [0.05, 0.1) is 0 Å². The summed E-state index contributed by atoms with van der Waals surface area (Å²) in [5, 5.41) is 8.75. The molecule has 0 saturated carbocycles. The molecule has 1 fully saturated rings. The Morgan fingerprint density at radius 1 is 1.45 bits per heavy atom. The number of fused-ring (bicyclic) bond motifs is 2. The van der Waals surface area contributed by atoms with Gasteiger partial charge in [0.1, 0.15) is 6.54 Å². The minimum absolute atomic E-state index is 0.312. The number of hydrogen-bond acceptors (Lipinski definition) is 5. The summed E-state index contributed by atoms with van der Waals surface area (Å²) in [5.74, 6) is -1.88. The molecule has 104 valence electrons. The highest BCUT2D eigenvalue weighted by atomic mass is 16.6. The minimum atomic E-state index is -1.38. The largest absolute Gasteiger partial charge is 0.480 e. The minimum Gasteiger partial charge on any atom is -0.480 e. The van der Waals surface area contributed by atoms with Crippen LogP contribution in [-0.4, -0.2) is 34.5 Å². The Kier molecular flexibility index (Phi) is 2.47. The number of benzene rings is 1. The quantitative estimate of drug-likeness (QED) is 0.760. The average molecular weight is 276 g/mol. The Balaban J connectivity index is 2.03. The van der Waals surface area contributed by atoms with Crippen LogP contribution in [0.4, 0.5) is 10.5 Å². The van der Waals surface area contributed by atoms with E-state index in [2.05, 4.69) is 0 Å². The number of amides is 2. The second-order valence-electron chi connectivity index (χ2n) is 4.90. The topological polar surface area (TPSA) is 110 Å². The van der Waals surface area contributed by atoms with Gasteiger partial charge in [0, 0.05) is 17.7 Å². The van der Waals surface area contributed by atoms with Crippen molar-refractivity contribution < 1.29 is 24.2 Å². The standard InChI is InChI=1S/C13H12N2O5/c14-8-1-2-9-7(5-8)3-4-13(9)11(18)15(6-10(16)17)12(19)20-13/h1-2,5H,3-4,6,14H2,(H,16,17)/t13-/m1/s1. The molecule has 1 atom stereocenters. The van der Waals surface area contributed by atoms with E-state index in [1.807, 2.05) is 0 Å². The number of hydrogen-bond donors (Lipinski definition) is 2. The second kappa shape index (κ2) is 3.96. The van der Waals surface area contributed by atoms with Crippen molar-refractivity contribution in [2.75, 3.05) is 12.3 Å². The normalized spacial score (nSPS) is 24.1. The lowest BCUT2D eigenvalue weighted by Gasteiger charge is -2.20. The lowest BCUT2D eigenvalue weighted by Crippen LogP contribution is -2.39. The van der Waals surface area contributed by atoms with Crippen LogP contribution in [0.3, 0.4) is 0 Å². The molecule has 1 saturated heterocycles. The van der Waals surface area contributed by atoms with Crippen LogP contribution in [-0.2, 0) is 26.3 Å². The number of carboxylic acid groups (broad SMARTS) is 1. The molecule has 1 aromatic rings. The fourth-order valence-electron chi connectivity index (χ4n) is 2.81. The maximum absolute atomic E-state index is 12.4. The van der Waals surface area contributed by atoms with Crippen molar-refractivity contribution in [1.29, 1.82) is 0 Å². The first-order valence-electron chi connectivity index (χ1n) is 6.10.